The molecular weight excluding hydrogens is 326 g/mol. The molecule has 0 aliphatic carbocycles. The third-order valence-electron chi connectivity index (χ3n) is 3.37. The van der Waals surface area contributed by atoms with Crippen molar-refractivity contribution in [2.24, 2.45) is 5.14 Å². The van der Waals surface area contributed by atoms with Gasteiger partial charge in [0, 0.05) is 11.6 Å². The number of carbonyl (C=O) groups excluding carboxylic acids is 1. The summed E-state index contributed by atoms with van der Waals surface area (Å²) in [7, 11) is -4.00. The van der Waals surface area contributed by atoms with Gasteiger partial charge in [-0.05, 0) is 49.2 Å². The summed E-state index contributed by atoms with van der Waals surface area (Å²) in [5.74, 6) is -2.44. The van der Waals surface area contributed by atoms with Gasteiger partial charge in [-0.3, -0.25) is 4.79 Å². The molecule has 0 heterocycles. The topological polar surface area (TPSA) is 89.3 Å². The molecule has 3 N–H and O–H groups in total. The van der Waals surface area contributed by atoms with Crippen LogP contribution in [0.5, 0.6) is 0 Å². The molecule has 122 valence electrons. The lowest BCUT2D eigenvalue weighted by atomic mass is 10.1. The number of benzene rings is 2. The van der Waals surface area contributed by atoms with E-state index >= 15 is 0 Å². The number of nitrogens with two attached hydrogens (primary N) is 1. The number of amides is 1. The number of sulfonamides is 1. The van der Waals surface area contributed by atoms with Gasteiger partial charge in [0.15, 0.2) is 0 Å². The second kappa shape index (κ2) is 6.05. The molecule has 8 heteroatoms. The largest absolute Gasteiger partial charge is 0.319 e. The van der Waals surface area contributed by atoms with Crippen molar-refractivity contribution in [1.29, 1.82) is 0 Å². The molecule has 0 saturated heterocycles. The van der Waals surface area contributed by atoms with Crippen LogP contribution in [-0.2, 0) is 10.0 Å². The van der Waals surface area contributed by atoms with Crippen molar-refractivity contribution in [3.8, 4) is 0 Å². The van der Waals surface area contributed by atoms with Gasteiger partial charge < -0.3 is 5.32 Å². The van der Waals surface area contributed by atoms with E-state index in [2.05, 4.69) is 5.32 Å². The van der Waals surface area contributed by atoms with Crippen molar-refractivity contribution < 1.29 is 22.0 Å². The third kappa shape index (κ3) is 3.72. The fraction of sp³-hybridized carbons (Fsp3) is 0.133. The fourth-order valence-corrected chi connectivity index (χ4v) is 2.92. The molecule has 2 aromatic rings. The minimum atomic E-state index is -4.00. The summed E-state index contributed by atoms with van der Waals surface area (Å²) in [6, 6.07) is 5.28. The van der Waals surface area contributed by atoms with E-state index in [1.165, 1.54) is 6.07 Å². The van der Waals surface area contributed by atoms with E-state index in [4.69, 9.17) is 5.14 Å². The van der Waals surface area contributed by atoms with Crippen LogP contribution in [0.1, 0.15) is 21.5 Å². The molecule has 0 aromatic heterocycles. The average Bonchev–Trinajstić information content (AvgIpc) is 2.43. The second-order valence-electron chi connectivity index (χ2n) is 5.04. The molecule has 23 heavy (non-hydrogen) atoms. The smallest absolute Gasteiger partial charge is 0.255 e. The van der Waals surface area contributed by atoms with Gasteiger partial charge in [0.2, 0.25) is 10.0 Å². The van der Waals surface area contributed by atoms with Crippen LogP contribution < -0.4 is 10.5 Å². The number of anilines is 1. The molecule has 2 aromatic carbocycles. The summed E-state index contributed by atoms with van der Waals surface area (Å²) in [5.41, 5.74) is 0.755. The Morgan fingerprint density at radius 2 is 1.78 bits per heavy atom. The quantitative estimate of drug-likeness (QED) is 0.899. The van der Waals surface area contributed by atoms with Crippen LogP contribution in [0.2, 0.25) is 0 Å². The molecule has 0 aliphatic rings. The molecular formula is C15H14F2N2O3S. The van der Waals surface area contributed by atoms with Crippen LogP contribution in [0.15, 0.2) is 35.2 Å². The van der Waals surface area contributed by atoms with Crippen molar-refractivity contribution in [3.05, 3.63) is 58.7 Å². The number of hydrogen-bond donors (Lipinski definition) is 2. The van der Waals surface area contributed by atoms with Crippen LogP contribution >= 0.6 is 0 Å². The summed E-state index contributed by atoms with van der Waals surface area (Å²) in [5, 5.41) is 7.39. The molecule has 0 bridgehead atoms. The van der Waals surface area contributed by atoms with Gasteiger partial charge in [-0.15, -0.1) is 0 Å². The summed E-state index contributed by atoms with van der Waals surface area (Å²) >= 11 is 0. The van der Waals surface area contributed by atoms with Crippen LogP contribution in [0.4, 0.5) is 14.5 Å². The van der Waals surface area contributed by atoms with Crippen LogP contribution in [0.3, 0.4) is 0 Å². The van der Waals surface area contributed by atoms with Crippen molar-refractivity contribution in [1.82, 2.24) is 0 Å². The van der Waals surface area contributed by atoms with E-state index < -0.39 is 27.6 Å². The highest BCUT2D eigenvalue weighted by Crippen LogP contribution is 2.22. The Bertz CT molecular complexity index is 896. The first kappa shape index (κ1) is 17.0. The lowest BCUT2D eigenvalue weighted by Gasteiger charge is -2.11. The lowest BCUT2D eigenvalue weighted by molar-refractivity contribution is 0.102. The molecule has 5 nitrogen and oxygen atoms in total. The minimum Gasteiger partial charge on any atom is -0.319 e. The highest BCUT2D eigenvalue weighted by molar-refractivity contribution is 7.89. The predicted molar refractivity (Wildman–Crippen MR) is 81.6 cm³/mol. The number of aryl methyl sites for hydroxylation is 1. The first-order valence-corrected chi connectivity index (χ1v) is 8.04. The summed E-state index contributed by atoms with van der Waals surface area (Å²) in [4.78, 5) is 12.0. The normalized spacial score (nSPS) is 11.3. The Hall–Kier alpha value is -2.32. The number of halogens is 2. The highest BCUT2D eigenvalue weighted by Gasteiger charge is 2.18. The summed E-state index contributed by atoms with van der Waals surface area (Å²) in [6.07, 6.45) is 0. The maximum Gasteiger partial charge on any atom is 0.255 e. The Balaban J connectivity index is 2.42. The fourth-order valence-electron chi connectivity index (χ4n) is 2.04. The average molecular weight is 340 g/mol. The monoisotopic (exact) mass is 340 g/mol. The van der Waals surface area contributed by atoms with Crippen LogP contribution in [0, 0.1) is 25.5 Å². The van der Waals surface area contributed by atoms with E-state index in [-0.39, 0.29) is 16.1 Å². The molecule has 2 rings (SSSR count). The molecule has 0 radical (unpaired) electrons. The Morgan fingerprint density at radius 3 is 2.35 bits per heavy atom. The van der Waals surface area contributed by atoms with Gasteiger partial charge in [0.05, 0.1) is 10.6 Å². The number of primary sulfonamides is 1. The first-order chi connectivity index (χ1) is 10.6. The van der Waals surface area contributed by atoms with Crippen LogP contribution in [-0.4, -0.2) is 14.3 Å². The van der Waals surface area contributed by atoms with Crippen molar-refractivity contribution in [2.75, 3.05) is 5.32 Å². The lowest BCUT2D eigenvalue weighted by Crippen LogP contribution is -2.18. The van der Waals surface area contributed by atoms with Crippen molar-refractivity contribution >= 4 is 21.6 Å². The highest BCUT2D eigenvalue weighted by atomic mass is 32.2. The van der Waals surface area contributed by atoms with Crippen molar-refractivity contribution in [3.63, 3.8) is 0 Å². The van der Waals surface area contributed by atoms with E-state index in [1.54, 1.807) is 13.8 Å². The SMILES string of the molecule is Cc1cc(C(=O)Nc2ccc(F)cc2F)cc(S(N)(=O)=O)c1C. The second-order valence-corrected chi connectivity index (χ2v) is 6.57. The maximum absolute atomic E-state index is 13.6. The molecule has 0 fully saturated rings. The molecule has 0 saturated carbocycles. The minimum absolute atomic E-state index is 0.000787. The first-order valence-electron chi connectivity index (χ1n) is 6.50. The van der Waals surface area contributed by atoms with E-state index in [9.17, 15) is 22.0 Å². The molecule has 0 aliphatic heterocycles. The van der Waals surface area contributed by atoms with Gasteiger partial charge in [0.1, 0.15) is 11.6 Å². The van der Waals surface area contributed by atoms with Gasteiger partial charge in [-0.25, -0.2) is 22.3 Å². The Kier molecular flexibility index (Phi) is 4.49. The van der Waals surface area contributed by atoms with Crippen LogP contribution in [0.25, 0.3) is 0 Å². The van der Waals surface area contributed by atoms with E-state index in [0.29, 0.717) is 17.2 Å². The zero-order valence-corrected chi connectivity index (χ0v) is 13.2. The van der Waals surface area contributed by atoms with Crippen molar-refractivity contribution in [2.45, 2.75) is 18.7 Å². The zero-order valence-electron chi connectivity index (χ0n) is 12.4. The Labute approximate surface area is 132 Å². The summed E-state index contributed by atoms with van der Waals surface area (Å²) in [6.45, 7) is 3.19. The van der Waals surface area contributed by atoms with E-state index in [1.807, 2.05) is 0 Å². The number of nitrogens with one attached hydrogen (secondary N) is 1. The number of rotatable bonds is 3. The predicted octanol–water partition coefficient (Wildman–Crippen LogP) is 2.48. The molecule has 1 amide bonds. The van der Waals surface area contributed by atoms with Gasteiger partial charge in [0.25, 0.3) is 5.91 Å². The molecule has 0 atom stereocenters. The number of hydrogen-bond acceptors (Lipinski definition) is 3. The third-order valence-corrected chi connectivity index (χ3v) is 4.40. The van der Waals surface area contributed by atoms with Gasteiger partial charge in [-0.2, -0.15) is 0 Å². The van der Waals surface area contributed by atoms with Gasteiger partial charge >= 0.3 is 0 Å². The van der Waals surface area contributed by atoms with Gasteiger partial charge in [-0.1, -0.05) is 0 Å². The Morgan fingerprint density at radius 1 is 1.13 bits per heavy atom. The zero-order chi connectivity index (χ0) is 17.4. The van der Waals surface area contributed by atoms with E-state index in [0.717, 1.165) is 18.2 Å². The standard InChI is InChI=1S/C15H14F2N2O3S/c1-8-5-10(6-14(9(8)2)23(18,21)22)15(20)19-13-4-3-11(16)7-12(13)17/h3-7H,1-2H3,(H,19,20)(H2,18,21,22). The maximum atomic E-state index is 13.6. The molecule has 0 unspecified atom stereocenters. The summed E-state index contributed by atoms with van der Waals surface area (Å²) < 4.78 is 49.6. The number of carbonyl (C=O) groups is 1. The molecule has 0 spiro atoms.